The molecule has 3 aromatic rings. The van der Waals surface area contributed by atoms with Crippen molar-refractivity contribution in [3.63, 3.8) is 0 Å². The molecule has 5 rings (SSSR count). The second kappa shape index (κ2) is 5.81. The Labute approximate surface area is 149 Å². The SMILES string of the molecule is N#Cc1cnccc1N1CCOc2cnc(-c3ccn(C4CC4)n3)nc21. The fourth-order valence-electron chi connectivity index (χ4n) is 3.08. The molecule has 0 amide bonds. The summed E-state index contributed by atoms with van der Waals surface area (Å²) in [4.78, 5) is 15.1. The van der Waals surface area contributed by atoms with Crippen molar-refractivity contribution in [2.24, 2.45) is 0 Å². The number of ether oxygens (including phenoxy) is 1. The van der Waals surface area contributed by atoms with E-state index in [1.807, 2.05) is 27.9 Å². The third kappa shape index (κ3) is 2.45. The van der Waals surface area contributed by atoms with Crippen molar-refractivity contribution in [1.82, 2.24) is 24.7 Å². The van der Waals surface area contributed by atoms with Crippen LogP contribution in [0.3, 0.4) is 0 Å². The van der Waals surface area contributed by atoms with Crippen molar-refractivity contribution in [3.05, 3.63) is 42.5 Å². The van der Waals surface area contributed by atoms with Gasteiger partial charge in [-0.05, 0) is 25.0 Å². The van der Waals surface area contributed by atoms with Crippen LogP contribution in [0.4, 0.5) is 11.5 Å². The lowest BCUT2D eigenvalue weighted by molar-refractivity contribution is 0.310. The first kappa shape index (κ1) is 14.8. The Balaban J connectivity index is 1.57. The summed E-state index contributed by atoms with van der Waals surface area (Å²) < 4.78 is 7.68. The van der Waals surface area contributed by atoms with Gasteiger partial charge in [-0.2, -0.15) is 10.4 Å². The topological polar surface area (TPSA) is 92.8 Å². The highest BCUT2D eigenvalue weighted by Gasteiger charge is 2.27. The number of pyridine rings is 1. The van der Waals surface area contributed by atoms with Crippen LogP contribution in [0.25, 0.3) is 11.5 Å². The predicted octanol–water partition coefficient (Wildman–Crippen LogP) is 2.47. The lowest BCUT2D eigenvalue weighted by Gasteiger charge is -2.30. The van der Waals surface area contributed by atoms with Gasteiger partial charge < -0.3 is 9.64 Å². The van der Waals surface area contributed by atoms with Gasteiger partial charge in [0.2, 0.25) is 0 Å². The highest BCUT2D eigenvalue weighted by Crippen LogP contribution is 2.37. The number of fused-ring (bicyclic) bond motifs is 1. The van der Waals surface area contributed by atoms with E-state index in [1.165, 1.54) is 12.8 Å². The van der Waals surface area contributed by atoms with E-state index in [0.29, 0.717) is 42.1 Å². The second-order valence-corrected chi connectivity index (χ2v) is 6.30. The minimum absolute atomic E-state index is 0.499. The number of rotatable bonds is 3. The Morgan fingerprint density at radius 2 is 2.15 bits per heavy atom. The van der Waals surface area contributed by atoms with Crippen molar-refractivity contribution >= 4 is 11.5 Å². The zero-order chi connectivity index (χ0) is 17.5. The lowest BCUT2D eigenvalue weighted by Crippen LogP contribution is -2.30. The molecule has 3 aromatic heterocycles. The lowest BCUT2D eigenvalue weighted by atomic mass is 10.2. The molecule has 0 unspecified atom stereocenters. The molecule has 0 radical (unpaired) electrons. The van der Waals surface area contributed by atoms with Crippen LogP contribution < -0.4 is 9.64 Å². The Morgan fingerprint density at radius 1 is 1.23 bits per heavy atom. The van der Waals surface area contributed by atoms with Gasteiger partial charge in [0, 0.05) is 18.6 Å². The molecular formula is C18H15N7O. The van der Waals surface area contributed by atoms with Gasteiger partial charge in [-0.15, -0.1) is 0 Å². The van der Waals surface area contributed by atoms with E-state index in [9.17, 15) is 5.26 Å². The summed E-state index contributed by atoms with van der Waals surface area (Å²) >= 11 is 0. The van der Waals surface area contributed by atoms with Gasteiger partial charge in [-0.3, -0.25) is 9.67 Å². The fraction of sp³-hybridized carbons (Fsp3) is 0.278. The van der Waals surface area contributed by atoms with Crippen molar-refractivity contribution in [2.45, 2.75) is 18.9 Å². The summed E-state index contributed by atoms with van der Waals surface area (Å²) in [5.74, 6) is 1.79. The van der Waals surface area contributed by atoms with Crippen molar-refractivity contribution in [1.29, 1.82) is 5.26 Å². The number of hydrogen-bond donors (Lipinski definition) is 0. The molecule has 8 nitrogen and oxygen atoms in total. The minimum atomic E-state index is 0.499. The molecule has 1 saturated carbocycles. The first-order valence-electron chi connectivity index (χ1n) is 8.50. The van der Waals surface area contributed by atoms with Gasteiger partial charge in [-0.1, -0.05) is 0 Å². The molecule has 0 N–H and O–H groups in total. The maximum atomic E-state index is 9.40. The molecule has 1 fully saturated rings. The van der Waals surface area contributed by atoms with E-state index in [2.05, 4.69) is 21.1 Å². The quantitative estimate of drug-likeness (QED) is 0.720. The number of nitriles is 1. The smallest absolute Gasteiger partial charge is 0.182 e. The number of hydrogen-bond acceptors (Lipinski definition) is 7. The Kier molecular flexibility index (Phi) is 3.31. The minimum Gasteiger partial charge on any atom is -0.486 e. The first-order valence-corrected chi connectivity index (χ1v) is 8.50. The van der Waals surface area contributed by atoms with Crippen LogP contribution in [0.5, 0.6) is 5.75 Å². The van der Waals surface area contributed by atoms with E-state index < -0.39 is 0 Å². The largest absolute Gasteiger partial charge is 0.486 e. The van der Waals surface area contributed by atoms with Crippen molar-refractivity contribution in [3.8, 4) is 23.3 Å². The van der Waals surface area contributed by atoms with E-state index >= 15 is 0 Å². The summed E-state index contributed by atoms with van der Waals surface area (Å²) in [6.45, 7) is 1.10. The van der Waals surface area contributed by atoms with Gasteiger partial charge in [0.25, 0.3) is 0 Å². The highest BCUT2D eigenvalue weighted by atomic mass is 16.5. The fourth-order valence-corrected chi connectivity index (χ4v) is 3.08. The van der Waals surface area contributed by atoms with Gasteiger partial charge >= 0.3 is 0 Å². The summed E-state index contributed by atoms with van der Waals surface area (Å²) in [5, 5.41) is 14.0. The van der Waals surface area contributed by atoms with Crippen LogP contribution in [0, 0.1) is 11.3 Å². The Hall–Kier alpha value is -3.47. The standard InChI is InChI=1S/C18H15N7O/c19-9-12-10-20-5-3-15(12)24-7-8-26-16-11-21-17(22-18(16)24)14-4-6-25(23-14)13-1-2-13/h3-6,10-11,13H,1-2,7-8H2. The summed E-state index contributed by atoms with van der Waals surface area (Å²) in [5.41, 5.74) is 2.00. The molecular weight excluding hydrogens is 330 g/mol. The third-order valence-corrected chi connectivity index (χ3v) is 4.53. The predicted molar refractivity (Wildman–Crippen MR) is 93.0 cm³/mol. The summed E-state index contributed by atoms with van der Waals surface area (Å²) in [6.07, 6.45) is 9.22. The first-order chi connectivity index (χ1) is 12.8. The zero-order valence-corrected chi connectivity index (χ0v) is 13.9. The molecule has 1 aliphatic heterocycles. The van der Waals surface area contributed by atoms with E-state index in [1.54, 1.807) is 18.6 Å². The van der Waals surface area contributed by atoms with Crippen molar-refractivity contribution < 1.29 is 4.74 Å². The molecule has 26 heavy (non-hydrogen) atoms. The molecule has 0 aromatic carbocycles. The number of aromatic nitrogens is 5. The summed E-state index contributed by atoms with van der Waals surface area (Å²) in [7, 11) is 0. The van der Waals surface area contributed by atoms with Gasteiger partial charge in [0.1, 0.15) is 18.4 Å². The van der Waals surface area contributed by atoms with Crippen LogP contribution in [-0.4, -0.2) is 37.9 Å². The van der Waals surface area contributed by atoms with Crippen LogP contribution in [0.2, 0.25) is 0 Å². The maximum Gasteiger partial charge on any atom is 0.182 e. The second-order valence-electron chi connectivity index (χ2n) is 6.30. The maximum absolute atomic E-state index is 9.40. The third-order valence-electron chi connectivity index (χ3n) is 4.53. The van der Waals surface area contributed by atoms with Crippen LogP contribution in [0.1, 0.15) is 24.4 Å². The molecule has 4 heterocycles. The molecule has 0 saturated heterocycles. The van der Waals surface area contributed by atoms with Crippen LogP contribution >= 0.6 is 0 Å². The van der Waals surface area contributed by atoms with Crippen molar-refractivity contribution in [2.75, 3.05) is 18.1 Å². The van der Waals surface area contributed by atoms with E-state index in [0.717, 1.165) is 11.4 Å². The number of anilines is 2. The van der Waals surface area contributed by atoms with Crippen LogP contribution in [-0.2, 0) is 0 Å². The molecule has 0 atom stereocenters. The van der Waals surface area contributed by atoms with Gasteiger partial charge in [0.05, 0.1) is 30.0 Å². The van der Waals surface area contributed by atoms with Gasteiger partial charge in [-0.25, -0.2) is 9.97 Å². The average molecular weight is 345 g/mol. The molecule has 8 heteroatoms. The van der Waals surface area contributed by atoms with E-state index in [4.69, 9.17) is 9.72 Å². The molecule has 1 aliphatic carbocycles. The zero-order valence-electron chi connectivity index (χ0n) is 13.9. The Bertz CT molecular complexity index is 1020. The molecule has 0 spiro atoms. The van der Waals surface area contributed by atoms with Crippen LogP contribution in [0.15, 0.2) is 36.9 Å². The summed E-state index contributed by atoms with van der Waals surface area (Å²) in [6, 6.07) is 6.45. The molecule has 0 bridgehead atoms. The number of nitrogens with zero attached hydrogens (tertiary/aromatic N) is 7. The van der Waals surface area contributed by atoms with E-state index in [-0.39, 0.29) is 0 Å². The Morgan fingerprint density at radius 3 is 3.00 bits per heavy atom. The monoisotopic (exact) mass is 345 g/mol. The average Bonchev–Trinajstić information content (AvgIpc) is 3.44. The normalized spacial score (nSPS) is 15.9. The molecule has 2 aliphatic rings. The molecule has 128 valence electrons. The van der Waals surface area contributed by atoms with Gasteiger partial charge in [0.15, 0.2) is 17.4 Å². The highest BCUT2D eigenvalue weighted by molar-refractivity contribution is 5.72.